The van der Waals surface area contributed by atoms with Crippen molar-refractivity contribution in [2.45, 2.75) is 44.8 Å². The lowest BCUT2D eigenvalue weighted by molar-refractivity contribution is -0.127. The van der Waals surface area contributed by atoms with E-state index in [-0.39, 0.29) is 0 Å². The van der Waals surface area contributed by atoms with Crippen molar-refractivity contribution in [2.75, 3.05) is 6.61 Å². The second kappa shape index (κ2) is 8.22. The summed E-state index contributed by atoms with van der Waals surface area (Å²) in [7, 11) is 0. The number of fused-ring (bicyclic) bond motifs is 4. The van der Waals surface area contributed by atoms with Crippen LogP contribution in [0.15, 0.2) is 30.3 Å². The van der Waals surface area contributed by atoms with E-state index in [4.69, 9.17) is 10.5 Å². The SMILES string of the molecule is Cc1cc2n(n1)-c1cccc(c1)OCCCCC[C@@H](C(O)C(N)=O)NC2=O. The van der Waals surface area contributed by atoms with Crippen molar-refractivity contribution in [3.05, 3.63) is 41.7 Å². The Bertz CT molecular complexity index is 833. The first-order valence-electron chi connectivity index (χ1n) is 9.04. The number of hydrogen-bond donors (Lipinski definition) is 3. The Labute approximate surface area is 157 Å². The normalized spacial score (nSPS) is 19.2. The molecule has 0 saturated carbocycles. The number of nitrogens with one attached hydrogen (secondary N) is 1. The van der Waals surface area contributed by atoms with Crippen LogP contribution in [0.5, 0.6) is 5.75 Å². The van der Waals surface area contributed by atoms with Crippen molar-refractivity contribution < 1.29 is 19.4 Å². The maximum Gasteiger partial charge on any atom is 0.270 e. The van der Waals surface area contributed by atoms with Gasteiger partial charge in [0, 0.05) is 6.07 Å². The summed E-state index contributed by atoms with van der Waals surface area (Å²) in [4.78, 5) is 24.3. The van der Waals surface area contributed by atoms with Gasteiger partial charge in [-0.15, -0.1) is 0 Å². The van der Waals surface area contributed by atoms with E-state index in [9.17, 15) is 14.7 Å². The van der Waals surface area contributed by atoms with E-state index in [1.54, 1.807) is 13.0 Å². The van der Waals surface area contributed by atoms with Gasteiger partial charge >= 0.3 is 0 Å². The van der Waals surface area contributed by atoms with Gasteiger partial charge in [-0.25, -0.2) is 4.68 Å². The fourth-order valence-corrected chi connectivity index (χ4v) is 3.15. The number of carbonyl (C=O) groups is 2. The lowest BCUT2D eigenvalue weighted by Gasteiger charge is -2.22. The minimum absolute atomic E-state index is 0.309. The van der Waals surface area contributed by atoms with Gasteiger partial charge in [0.1, 0.15) is 11.4 Å². The topological polar surface area (TPSA) is 119 Å². The van der Waals surface area contributed by atoms with Gasteiger partial charge < -0.3 is 20.9 Å². The highest BCUT2D eigenvalue weighted by Crippen LogP contribution is 2.20. The predicted molar refractivity (Wildman–Crippen MR) is 98.7 cm³/mol. The summed E-state index contributed by atoms with van der Waals surface area (Å²) in [5, 5.41) is 17.2. The first kappa shape index (κ1) is 18.9. The summed E-state index contributed by atoms with van der Waals surface area (Å²) in [5.74, 6) is -0.572. The van der Waals surface area contributed by atoms with E-state index >= 15 is 0 Å². The number of benzene rings is 1. The Morgan fingerprint density at radius 3 is 2.96 bits per heavy atom. The molecule has 3 rings (SSSR count). The van der Waals surface area contributed by atoms with E-state index in [0.717, 1.165) is 19.3 Å². The number of aliphatic hydroxyl groups is 1. The highest BCUT2D eigenvalue weighted by Gasteiger charge is 2.27. The summed E-state index contributed by atoms with van der Waals surface area (Å²) in [6, 6.07) is 8.26. The molecule has 1 unspecified atom stereocenters. The molecule has 0 radical (unpaired) electrons. The maximum absolute atomic E-state index is 12.9. The van der Waals surface area contributed by atoms with Gasteiger partial charge in [-0.1, -0.05) is 12.5 Å². The van der Waals surface area contributed by atoms with Crippen LogP contribution in [0.4, 0.5) is 0 Å². The molecule has 8 heteroatoms. The molecule has 2 heterocycles. The van der Waals surface area contributed by atoms with Crippen LogP contribution in [-0.4, -0.2) is 45.5 Å². The lowest BCUT2D eigenvalue weighted by atomic mass is 10.0. The number of aliphatic hydroxyl groups excluding tert-OH is 1. The van der Waals surface area contributed by atoms with Crippen molar-refractivity contribution in [2.24, 2.45) is 5.73 Å². The van der Waals surface area contributed by atoms with Crippen LogP contribution in [0.1, 0.15) is 41.9 Å². The van der Waals surface area contributed by atoms with Crippen molar-refractivity contribution >= 4 is 11.8 Å². The lowest BCUT2D eigenvalue weighted by Crippen LogP contribution is -2.49. The molecule has 2 amide bonds. The van der Waals surface area contributed by atoms with Crippen LogP contribution in [0.2, 0.25) is 0 Å². The zero-order valence-corrected chi connectivity index (χ0v) is 15.2. The molecule has 8 nitrogen and oxygen atoms in total. The van der Waals surface area contributed by atoms with Crippen molar-refractivity contribution in [1.82, 2.24) is 15.1 Å². The van der Waals surface area contributed by atoms with E-state index in [1.165, 1.54) is 4.68 Å². The summed E-state index contributed by atoms with van der Waals surface area (Å²) in [6.07, 6.45) is 1.38. The molecule has 0 aliphatic carbocycles. The molecule has 2 aromatic rings. The molecule has 0 fully saturated rings. The van der Waals surface area contributed by atoms with Gasteiger partial charge in [0.05, 0.1) is 24.0 Å². The average molecular weight is 372 g/mol. The van der Waals surface area contributed by atoms with E-state index in [2.05, 4.69) is 10.4 Å². The number of primary amides is 1. The van der Waals surface area contributed by atoms with Crippen molar-refractivity contribution in [3.8, 4) is 11.4 Å². The van der Waals surface area contributed by atoms with Crippen molar-refractivity contribution in [1.29, 1.82) is 0 Å². The summed E-state index contributed by atoms with van der Waals surface area (Å²) >= 11 is 0. The Kier molecular flexibility index (Phi) is 5.75. The number of carbonyl (C=O) groups excluding carboxylic acids is 2. The molecule has 1 aromatic carbocycles. The highest BCUT2D eigenvalue weighted by molar-refractivity contribution is 5.94. The molecule has 0 spiro atoms. The number of hydrogen-bond acceptors (Lipinski definition) is 5. The maximum atomic E-state index is 12.9. The number of rotatable bonds is 2. The molecule has 2 atom stereocenters. The van der Waals surface area contributed by atoms with Gasteiger partial charge in [0.15, 0.2) is 6.10 Å². The Morgan fingerprint density at radius 2 is 2.19 bits per heavy atom. The molecule has 144 valence electrons. The number of aromatic nitrogens is 2. The third kappa shape index (κ3) is 4.46. The number of nitrogens with zero attached hydrogens (tertiary/aromatic N) is 2. The number of amides is 2. The zero-order chi connectivity index (χ0) is 19.4. The Balaban J connectivity index is 1.98. The number of aryl methyl sites for hydroxylation is 1. The number of ether oxygens (including phenoxy) is 1. The minimum Gasteiger partial charge on any atom is -0.494 e. The largest absolute Gasteiger partial charge is 0.494 e. The van der Waals surface area contributed by atoms with Crippen LogP contribution < -0.4 is 15.8 Å². The zero-order valence-electron chi connectivity index (χ0n) is 15.2. The van der Waals surface area contributed by atoms with Crippen molar-refractivity contribution in [3.63, 3.8) is 0 Å². The fourth-order valence-electron chi connectivity index (χ4n) is 3.15. The van der Waals surface area contributed by atoms with E-state index in [1.807, 2.05) is 24.3 Å². The fraction of sp³-hybridized carbons (Fsp3) is 0.421. The minimum atomic E-state index is -1.45. The third-order valence-corrected chi connectivity index (χ3v) is 4.54. The van der Waals surface area contributed by atoms with E-state index in [0.29, 0.717) is 35.9 Å². The van der Waals surface area contributed by atoms with E-state index < -0.39 is 24.0 Å². The Morgan fingerprint density at radius 1 is 1.37 bits per heavy atom. The molecule has 27 heavy (non-hydrogen) atoms. The predicted octanol–water partition coefficient (Wildman–Crippen LogP) is 1.08. The molecule has 0 saturated heterocycles. The first-order valence-corrected chi connectivity index (χ1v) is 9.04. The molecule has 1 aromatic heterocycles. The van der Waals surface area contributed by atoms with Gasteiger partial charge in [-0.3, -0.25) is 9.59 Å². The Hall–Kier alpha value is -2.87. The molecular formula is C19H24N4O4. The number of nitrogens with two attached hydrogens (primary N) is 1. The average Bonchev–Trinajstić information content (AvgIpc) is 3.04. The summed E-state index contributed by atoms with van der Waals surface area (Å²) in [6.45, 7) is 2.35. The van der Waals surface area contributed by atoms with Gasteiger partial charge in [-0.2, -0.15) is 5.10 Å². The third-order valence-electron chi connectivity index (χ3n) is 4.54. The second-order valence-corrected chi connectivity index (χ2v) is 6.71. The standard InChI is InChI=1S/C19H24N4O4/c1-12-10-16-19(26)21-15(17(24)18(20)25)8-3-2-4-9-27-14-7-5-6-13(11-14)23(16)22-12/h5-7,10-11,15,17,24H,2-4,8-9H2,1H3,(H2,20,25)(H,21,26)/t15-,17?/m0/s1. The molecule has 2 bridgehead atoms. The van der Waals surface area contributed by atoms with Crippen LogP contribution in [0.25, 0.3) is 5.69 Å². The van der Waals surface area contributed by atoms with Crippen LogP contribution in [0.3, 0.4) is 0 Å². The monoisotopic (exact) mass is 372 g/mol. The van der Waals surface area contributed by atoms with Crippen LogP contribution in [-0.2, 0) is 4.79 Å². The van der Waals surface area contributed by atoms with Crippen LogP contribution >= 0.6 is 0 Å². The molecule has 1 aliphatic rings. The molecular weight excluding hydrogens is 348 g/mol. The smallest absolute Gasteiger partial charge is 0.270 e. The van der Waals surface area contributed by atoms with Gasteiger partial charge in [0.2, 0.25) is 5.91 Å². The summed E-state index contributed by atoms with van der Waals surface area (Å²) in [5.41, 5.74) is 6.90. The second-order valence-electron chi connectivity index (χ2n) is 6.71. The molecule has 1 aliphatic heterocycles. The first-order chi connectivity index (χ1) is 13.0. The molecule has 4 N–H and O–H groups in total. The quantitative estimate of drug-likeness (QED) is 0.729. The van der Waals surface area contributed by atoms with Crippen LogP contribution in [0, 0.1) is 6.92 Å². The highest BCUT2D eigenvalue weighted by atomic mass is 16.5. The van der Waals surface area contributed by atoms with Gasteiger partial charge in [0.25, 0.3) is 5.91 Å². The van der Waals surface area contributed by atoms with Gasteiger partial charge in [-0.05, 0) is 44.4 Å². The summed E-state index contributed by atoms with van der Waals surface area (Å²) < 4.78 is 7.31.